The Labute approximate surface area is 111 Å². The molecule has 18 heavy (non-hydrogen) atoms. The summed E-state index contributed by atoms with van der Waals surface area (Å²) in [6, 6.07) is 6.99. The molecular formula is C16H25NO. The van der Waals surface area contributed by atoms with Crippen LogP contribution in [0, 0.1) is 25.7 Å². The molecule has 0 aromatic heterocycles. The molecule has 1 heterocycles. The lowest BCUT2D eigenvalue weighted by atomic mass is 9.81. The summed E-state index contributed by atoms with van der Waals surface area (Å²) in [5, 5.41) is 0. The highest BCUT2D eigenvalue weighted by molar-refractivity contribution is 5.29. The zero-order valence-corrected chi connectivity index (χ0v) is 11.8. The first-order valence-corrected chi connectivity index (χ1v) is 6.97. The fraction of sp³-hybridized carbons (Fsp3) is 0.625. The quantitative estimate of drug-likeness (QED) is 0.891. The molecule has 2 nitrogen and oxygen atoms in total. The maximum atomic E-state index is 6.42. The van der Waals surface area contributed by atoms with Crippen LogP contribution in [-0.4, -0.2) is 19.3 Å². The molecule has 0 bridgehead atoms. The second kappa shape index (κ2) is 5.85. The summed E-state index contributed by atoms with van der Waals surface area (Å²) in [5.74, 6) is 1.18. The van der Waals surface area contributed by atoms with Crippen LogP contribution in [0.1, 0.15) is 30.0 Å². The van der Waals surface area contributed by atoms with Crippen LogP contribution in [0.15, 0.2) is 18.2 Å². The third kappa shape index (κ3) is 3.33. The second-order valence-electron chi connectivity index (χ2n) is 5.87. The Morgan fingerprint density at radius 2 is 1.94 bits per heavy atom. The van der Waals surface area contributed by atoms with Crippen molar-refractivity contribution in [1.29, 1.82) is 0 Å². The van der Waals surface area contributed by atoms with Crippen LogP contribution >= 0.6 is 0 Å². The minimum absolute atomic E-state index is 0.255. The van der Waals surface area contributed by atoms with E-state index in [0.29, 0.717) is 11.8 Å². The lowest BCUT2D eigenvalue weighted by molar-refractivity contribution is 0.0157. The number of aryl methyl sites for hydroxylation is 2. The molecule has 0 amide bonds. The molecule has 2 rings (SSSR count). The molecular weight excluding hydrogens is 222 g/mol. The predicted octanol–water partition coefficient (Wildman–Crippen LogP) is 2.85. The van der Waals surface area contributed by atoms with Crippen molar-refractivity contribution in [3.05, 3.63) is 34.9 Å². The van der Waals surface area contributed by atoms with Gasteiger partial charge in [-0.3, -0.25) is 0 Å². The third-order valence-corrected chi connectivity index (χ3v) is 4.01. The highest BCUT2D eigenvalue weighted by Crippen LogP contribution is 2.25. The standard InChI is InChI=1S/C16H25NO/c1-11-6-12(2)8-14(7-11)9-16(17)15-4-5-18-10-13(15)3/h6-8,13,15-16H,4-5,9-10,17H2,1-3H3. The summed E-state index contributed by atoms with van der Waals surface area (Å²) in [6.07, 6.45) is 2.09. The van der Waals surface area contributed by atoms with E-state index in [-0.39, 0.29) is 6.04 Å². The smallest absolute Gasteiger partial charge is 0.0494 e. The summed E-state index contributed by atoms with van der Waals surface area (Å²) >= 11 is 0. The van der Waals surface area contributed by atoms with Crippen molar-refractivity contribution in [3.8, 4) is 0 Å². The Bertz CT molecular complexity index is 382. The van der Waals surface area contributed by atoms with Crippen molar-refractivity contribution in [2.75, 3.05) is 13.2 Å². The molecule has 0 radical (unpaired) electrons. The number of rotatable bonds is 3. The topological polar surface area (TPSA) is 35.2 Å². The molecule has 100 valence electrons. The lowest BCUT2D eigenvalue weighted by Crippen LogP contribution is -2.40. The molecule has 3 unspecified atom stereocenters. The van der Waals surface area contributed by atoms with Crippen molar-refractivity contribution >= 4 is 0 Å². The Hall–Kier alpha value is -0.860. The van der Waals surface area contributed by atoms with E-state index in [0.717, 1.165) is 26.1 Å². The highest BCUT2D eigenvalue weighted by Gasteiger charge is 2.27. The molecule has 1 saturated heterocycles. The van der Waals surface area contributed by atoms with Crippen molar-refractivity contribution in [3.63, 3.8) is 0 Å². The largest absolute Gasteiger partial charge is 0.381 e. The van der Waals surface area contributed by atoms with Gasteiger partial charge in [0.05, 0.1) is 0 Å². The molecule has 1 aliphatic rings. The second-order valence-corrected chi connectivity index (χ2v) is 5.87. The van der Waals surface area contributed by atoms with Crippen molar-refractivity contribution < 1.29 is 4.74 Å². The summed E-state index contributed by atoms with van der Waals surface area (Å²) in [6.45, 7) is 8.30. The first kappa shape index (κ1) is 13.6. The van der Waals surface area contributed by atoms with Gasteiger partial charge in [-0.2, -0.15) is 0 Å². The van der Waals surface area contributed by atoms with E-state index in [1.165, 1.54) is 16.7 Å². The fourth-order valence-electron chi connectivity index (χ4n) is 3.14. The highest BCUT2D eigenvalue weighted by atomic mass is 16.5. The monoisotopic (exact) mass is 247 g/mol. The van der Waals surface area contributed by atoms with Gasteiger partial charge < -0.3 is 10.5 Å². The molecule has 1 aromatic rings. The summed E-state index contributed by atoms with van der Waals surface area (Å²) in [5.41, 5.74) is 10.5. The van der Waals surface area contributed by atoms with Crippen LogP contribution in [0.25, 0.3) is 0 Å². The van der Waals surface area contributed by atoms with Gasteiger partial charge >= 0.3 is 0 Å². The maximum Gasteiger partial charge on any atom is 0.0494 e. The Balaban J connectivity index is 2.03. The number of benzene rings is 1. The van der Waals surface area contributed by atoms with Crippen LogP contribution in [-0.2, 0) is 11.2 Å². The van der Waals surface area contributed by atoms with Gasteiger partial charge in [0.1, 0.15) is 0 Å². The minimum atomic E-state index is 0.255. The van der Waals surface area contributed by atoms with Crippen molar-refractivity contribution in [1.82, 2.24) is 0 Å². The van der Waals surface area contributed by atoms with Gasteiger partial charge in [0, 0.05) is 19.3 Å². The van der Waals surface area contributed by atoms with E-state index in [1.54, 1.807) is 0 Å². The predicted molar refractivity (Wildman–Crippen MR) is 75.7 cm³/mol. The summed E-state index contributed by atoms with van der Waals surface area (Å²) in [4.78, 5) is 0. The van der Waals surface area contributed by atoms with E-state index in [4.69, 9.17) is 10.5 Å². The van der Waals surface area contributed by atoms with Gasteiger partial charge in [0.25, 0.3) is 0 Å². The van der Waals surface area contributed by atoms with Gasteiger partial charge in [0.15, 0.2) is 0 Å². The van der Waals surface area contributed by atoms with E-state index < -0.39 is 0 Å². The first-order chi connectivity index (χ1) is 8.56. The number of nitrogens with two attached hydrogens (primary N) is 1. The van der Waals surface area contributed by atoms with Gasteiger partial charge in [-0.05, 0) is 44.1 Å². The van der Waals surface area contributed by atoms with Crippen molar-refractivity contribution in [2.45, 2.75) is 39.7 Å². The average Bonchev–Trinajstić information content (AvgIpc) is 2.27. The minimum Gasteiger partial charge on any atom is -0.381 e. The van der Waals surface area contributed by atoms with Crippen molar-refractivity contribution in [2.24, 2.45) is 17.6 Å². The average molecular weight is 247 g/mol. The zero-order valence-electron chi connectivity index (χ0n) is 11.8. The molecule has 2 heteroatoms. The molecule has 2 N–H and O–H groups in total. The Morgan fingerprint density at radius 3 is 2.56 bits per heavy atom. The van der Waals surface area contributed by atoms with E-state index in [1.807, 2.05) is 0 Å². The number of hydrogen-bond acceptors (Lipinski definition) is 2. The van der Waals surface area contributed by atoms with Crippen LogP contribution in [0.5, 0.6) is 0 Å². The molecule has 1 aliphatic heterocycles. The van der Waals surface area contributed by atoms with E-state index in [2.05, 4.69) is 39.0 Å². The molecule has 3 atom stereocenters. The van der Waals surface area contributed by atoms with Gasteiger partial charge in [-0.25, -0.2) is 0 Å². The van der Waals surface area contributed by atoms with Gasteiger partial charge in [-0.1, -0.05) is 36.2 Å². The van der Waals surface area contributed by atoms with Gasteiger partial charge in [0.2, 0.25) is 0 Å². The Kier molecular flexibility index (Phi) is 4.41. The van der Waals surface area contributed by atoms with Crippen LogP contribution in [0.3, 0.4) is 0 Å². The van der Waals surface area contributed by atoms with Crippen LogP contribution in [0.4, 0.5) is 0 Å². The SMILES string of the molecule is Cc1cc(C)cc(CC(N)C2CCOCC2C)c1. The molecule has 0 saturated carbocycles. The summed E-state index contributed by atoms with van der Waals surface area (Å²) < 4.78 is 5.50. The molecule has 1 fully saturated rings. The molecule has 0 aliphatic carbocycles. The fourth-order valence-corrected chi connectivity index (χ4v) is 3.14. The Morgan fingerprint density at radius 1 is 1.28 bits per heavy atom. The van der Waals surface area contributed by atoms with E-state index >= 15 is 0 Å². The number of ether oxygens (including phenoxy) is 1. The maximum absolute atomic E-state index is 6.42. The normalized spacial score (nSPS) is 26.0. The number of hydrogen-bond donors (Lipinski definition) is 1. The zero-order chi connectivity index (χ0) is 13.1. The summed E-state index contributed by atoms with van der Waals surface area (Å²) in [7, 11) is 0. The third-order valence-electron chi connectivity index (χ3n) is 4.01. The molecule has 1 aromatic carbocycles. The lowest BCUT2D eigenvalue weighted by Gasteiger charge is -2.33. The molecule has 0 spiro atoms. The first-order valence-electron chi connectivity index (χ1n) is 6.97. The van der Waals surface area contributed by atoms with Gasteiger partial charge in [-0.15, -0.1) is 0 Å². The van der Waals surface area contributed by atoms with Crippen LogP contribution in [0.2, 0.25) is 0 Å². The van der Waals surface area contributed by atoms with Crippen LogP contribution < -0.4 is 5.73 Å². The van der Waals surface area contributed by atoms with E-state index in [9.17, 15) is 0 Å².